The maximum Gasteiger partial charge on any atom is 0.501 e. The van der Waals surface area contributed by atoms with Crippen molar-refractivity contribution >= 4 is 15.5 Å². The number of hydrogen-bond acceptors (Lipinski definition) is 3. The summed E-state index contributed by atoms with van der Waals surface area (Å²) < 4.78 is 74.1. The van der Waals surface area contributed by atoms with E-state index in [0.29, 0.717) is 12.6 Å². The molecule has 0 unspecified atom stereocenters. The van der Waals surface area contributed by atoms with E-state index < -0.39 is 26.1 Å². The molecule has 1 aliphatic rings. The third kappa shape index (κ3) is 3.14. The van der Waals surface area contributed by atoms with Gasteiger partial charge in [0.1, 0.15) is 10.7 Å². The van der Waals surface area contributed by atoms with E-state index in [1.807, 2.05) is 6.92 Å². The molecule has 0 spiro atoms. The highest BCUT2D eigenvalue weighted by atomic mass is 32.2. The molecular formula is C13H15F4NO2S. The molecule has 1 saturated carbocycles. The maximum atomic E-state index is 13.2. The Morgan fingerprint density at radius 2 is 1.90 bits per heavy atom. The van der Waals surface area contributed by atoms with Crippen molar-refractivity contribution in [2.45, 2.75) is 36.6 Å². The molecular weight excluding hydrogens is 310 g/mol. The molecule has 0 saturated heterocycles. The topological polar surface area (TPSA) is 46.2 Å². The summed E-state index contributed by atoms with van der Waals surface area (Å²) in [4.78, 5) is -1.07. The van der Waals surface area contributed by atoms with Gasteiger partial charge in [0.05, 0.1) is 5.69 Å². The molecule has 0 bridgehead atoms. The molecule has 1 aromatic carbocycles. The van der Waals surface area contributed by atoms with Gasteiger partial charge in [-0.25, -0.2) is 12.8 Å². The molecule has 1 fully saturated rings. The highest BCUT2D eigenvalue weighted by Gasteiger charge is 2.48. The van der Waals surface area contributed by atoms with Crippen molar-refractivity contribution in [3.05, 3.63) is 24.0 Å². The first kappa shape index (κ1) is 16.1. The summed E-state index contributed by atoms with van der Waals surface area (Å²) in [6.07, 6.45) is 2.88. The molecule has 0 aliphatic heterocycles. The van der Waals surface area contributed by atoms with Gasteiger partial charge in [-0.1, -0.05) is 13.3 Å². The van der Waals surface area contributed by atoms with Gasteiger partial charge in [0.15, 0.2) is 0 Å². The zero-order valence-electron chi connectivity index (χ0n) is 11.3. The predicted octanol–water partition coefficient (Wildman–Crippen LogP) is 3.72. The van der Waals surface area contributed by atoms with Crippen molar-refractivity contribution in [3.63, 3.8) is 0 Å². The van der Waals surface area contributed by atoms with Gasteiger partial charge in [-0.2, -0.15) is 13.2 Å². The van der Waals surface area contributed by atoms with Gasteiger partial charge < -0.3 is 5.32 Å². The van der Waals surface area contributed by atoms with Crippen LogP contribution >= 0.6 is 0 Å². The van der Waals surface area contributed by atoms with Crippen LogP contribution < -0.4 is 5.32 Å². The number of sulfone groups is 1. The lowest BCUT2D eigenvalue weighted by molar-refractivity contribution is -0.0435. The van der Waals surface area contributed by atoms with Crippen LogP contribution in [-0.4, -0.2) is 20.5 Å². The molecule has 0 amide bonds. The van der Waals surface area contributed by atoms with Gasteiger partial charge in [0.25, 0.3) is 9.84 Å². The van der Waals surface area contributed by atoms with Crippen LogP contribution in [-0.2, 0) is 9.84 Å². The van der Waals surface area contributed by atoms with Crippen molar-refractivity contribution in [2.24, 2.45) is 5.41 Å². The first-order valence-electron chi connectivity index (χ1n) is 6.40. The van der Waals surface area contributed by atoms with Gasteiger partial charge in [0.2, 0.25) is 0 Å². The van der Waals surface area contributed by atoms with Crippen LogP contribution in [0.25, 0.3) is 0 Å². The second-order valence-electron chi connectivity index (χ2n) is 5.61. The lowest BCUT2D eigenvalue weighted by atomic mass is 9.70. The molecule has 3 nitrogen and oxygen atoms in total. The summed E-state index contributed by atoms with van der Waals surface area (Å²) in [5.74, 6) is -1.03. The average molecular weight is 325 g/mol. The Hall–Kier alpha value is -1.31. The third-order valence-corrected chi connectivity index (χ3v) is 5.33. The molecule has 21 heavy (non-hydrogen) atoms. The highest BCUT2D eigenvalue weighted by molar-refractivity contribution is 7.92. The van der Waals surface area contributed by atoms with E-state index in [4.69, 9.17) is 0 Å². The number of halogens is 4. The lowest BCUT2D eigenvalue weighted by Crippen LogP contribution is -2.34. The zero-order chi connectivity index (χ0) is 15.9. The minimum atomic E-state index is -5.59. The number of rotatable bonds is 4. The Morgan fingerprint density at radius 1 is 1.29 bits per heavy atom. The monoisotopic (exact) mass is 325 g/mol. The van der Waals surface area contributed by atoms with E-state index in [2.05, 4.69) is 5.32 Å². The summed E-state index contributed by atoms with van der Waals surface area (Å²) >= 11 is 0. The Labute approximate surface area is 120 Å². The van der Waals surface area contributed by atoms with Crippen LogP contribution in [0.1, 0.15) is 26.2 Å². The summed E-state index contributed by atoms with van der Waals surface area (Å²) in [7, 11) is -5.59. The van der Waals surface area contributed by atoms with Crippen molar-refractivity contribution in [1.82, 2.24) is 0 Å². The van der Waals surface area contributed by atoms with Crippen LogP contribution in [0.4, 0.5) is 23.2 Å². The number of hydrogen-bond donors (Lipinski definition) is 1. The molecule has 1 aromatic rings. The number of alkyl halides is 3. The van der Waals surface area contributed by atoms with E-state index in [-0.39, 0.29) is 11.1 Å². The van der Waals surface area contributed by atoms with E-state index in [9.17, 15) is 26.0 Å². The fourth-order valence-electron chi connectivity index (χ4n) is 2.25. The fraction of sp³-hybridized carbons (Fsp3) is 0.538. The van der Waals surface area contributed by atoms with E-state index >= 15 is 0 Å². The van der Waals surface area contributed by atoms with E-state index in [1.165, 1.54) is 0 Å². The Kier molecular flexibility index (Phi) is 3.94. The van der Waals surface area contributed by atoms with Gasteiger partial charge in [-0.05, 0) is 36.5 Å². The largest absolute Gasteiger partial charge is 0.501 e. The quantitative estimate of drug-likeness (QED) is 0.858. The Balaban J connectivity index is 2.34. The lowest BCUT2D eigenvalue weighted by Gasteiger charge is -2.38. The summed E-state index contributed by atoms with van der Waals surface area (Å²) in [5.41, 5.74) is -5.74. The fourth-order valence-corrected chi connectivity index (χ4v) is 3.20. The second kappa shape index (κ2) is 5.15. The van der Waals surface area contributed by atoms with Crippen molar-refractivity contribution in [1.29, 1.82) is 0 Å². The van der Waals surface area contributed by atoms with Crippen LogP contribution in [0.3, 0.4) is 0 Å². The Bertz CT molecular complexity index is 636. The normalized spacial score (nSPS) is 18.1. The summed E-state index contributed by atoms with van der Waals surface area (Å²) in [5, 5.41) is 2.72. The number of benzene rings is 1. The van der Waals surface area contributed by atoms with Gasteiger partial charge in [-0.15, -0.1) is 0 Å². The standard InChI is InChI=1S/C13H15F4NO2S/c1-12(5-2-6-12)8-18-10-4-3-9(14)7-11(10)21(19,20)13(15,16)17/h3-4,7,18H,2,5-6,8H2,1H3. The van der Waals surface area contributed by atoms with Crippen molar-refractivity contribution in [3.8, 4) is 0 Å². The zero-order valence-corrected chi connectivity index (χ0v) is 12.1. The average Bonchev–Trinajstić information content (AvgIpc) is 2.33. The molecule has 1 N–H and O–H groups in total. The maximum absolute atomic E-state index is 13.2. The van der Waals surface area contributed by atoms with E-state index in [0.717, 1.165) is 31.4 Å². The molecule has 0 heterocycles. The molecule has 1 aliphatic carbocycles. The van der Waals surface area contributed by atoms with Crippen molar-refractivity contribution < 1.29 is 26.0 Å². The predicted molar refractivity (Wildman–Crippen MR) is 70.1 cm³/mol. The summed E-state index contributed by atoms with van der Waals surface area (Å²) in [6.45, 7) is 2.31. The first-order valence-corrected chi connectivity index (χ1v) is 7.88. The molecule has 0 atom stereocenters. The highest BCUT2D eigenvalue weighted by Crippen LogP contribution is 2.41. The number of nitrogens with one attached hydrogen (secondary N) is 1. The van der Waals surface area contributed by atoms with Gasteiger partial charge in [0, 0.05) is 6.54 Å². The van der Waals surface area contributed by atoms with Crippen LogP contribution in [0.15, 0.2) is 23.1 Å². The minimum absolute atomic E-state index is 0.0619. The van der Waals surface area contributed by atoms with Gasteiger partial charge >= 0.3 is 5.51 Å². The number of anilines is 1. The molecule has 2 rings (SSSR count). The molecule has 0 radical (unpaired) electrons. The Morgan fingerprint density at radius 3 is 2.38 bits per heavy atom. The molecule has 8 heteroatoms. The smallest absolute Gasteiger partial charge is 0.383 e. The van der Waals surface area contributed by atoms with Crippen LogP contribution in [0, 0.1) is 11.2 Å². The van der Waals surface area contributed by atoms with Crippen molar-refractivity contribution in [2.75, 3.05) is 11.9 Å². The van der Waals surface area contributed by atoms with Crippen LogP contribution in [0.5, 0.6) is 0 Å². The minimum Gasteiger partial charge on any atom is -0.383 e. The summed E-state index contributed by atoms with van der Waals surface area (Å²) in [6, 6.07) is 2.35. The second-order valence-corrected chi connectivity index (χ2v) is 7.52. The molecule has 0 aromatic heterocycles. The van der Waals surface area contributed by atoms with Gasteiger partial charge in [-0.3, -0.25) is 0 Å². The van der Waals surface area contributed by atoms with Crippen LogP contribution in [0.2, 0.25) is 0 Å². The first-order chi connectivity index (χ1) is 9.55. The molecule has 118 valence electrons. The third-order valence-electron chi connectivity index (χ3n) is 3.80. The van der Waals surface area contributed by atoms with E-state index in [1.54, 1.807) is 0 Å². The SMILES string of the molecule is CC1(CNc2ccc(F)cc2S(=O)(=O)C(F)(F)F)CCC1.